The molecule has 0 radical (unpaired) electrons. The van der Waals surface area contributed by atoms with Crippen molar-refractivity contribution < 1.29 is 14.3 Å². The highest BCUT2D eigenvalue weighted by Gasteiger charge is 2.06. The van der Waals surface area contributed by atoms with Crippen LogP contribution in [0, 0.1) is 6.92 Å². The number of carbonyl (C=O) groups is 1. The van der Waals surface area contributed by atoms with Gasteiger partial charge in [0, 0.05) is 29.6 Å². The second kappa shape index (κ2) is 6.65. The van der Waals surface area contributed by atoms with Gasteiger partial charge in [-0.2, -0.15) is 0 Å². The maximum Gasteiger partial charge on any atom is 0.323 e. The molecule has 0 heterocycles. The van der Waals surface area contributed by atoms with E-state index in [4.69, 9.17) is 9.47 Å². The molecule has 0 saturated carbocycles. The first-order chi connectivity index (χ1) is 10.1. The van der Waals surface area contributed by atoms with Gasteiger partial charge in [-0.1, -0.05) is 12.1 Å². The average Bonchev–Trinajstić information content (AvgIpc) is 2.46. The topological polar surface area (TPSA) is 59.6 Å². The lowest BCUT2D eigenvalue weighted by atomic mass is 10.2. The third-order valence-corrected chi connectivity index (χ3v) is 2.89. The summed E-state index contributed by atoms with van der Waals surface area (Å²) < 4.78 is 10.3. The van der Waals surface area contributed by atoms with Crippen molar-refractivity contribution in [1.82, 2.24) is 0 Å². The van der Waals surface area contributed by atoms with Crippen LogP contribution in [0.3, 0.4) is 0 Å². The molecule has 5 heteroatoms. The van der Waals surface area contributed by atoms with Crippen molar-refractivity contribution in [3.63, 3.8) is 0 Å². The quantitative estimate of drug-likeness (QED) is 0.901. The molecular formula is C16H18N2O3. The van der Waals surface area contributed by atoms with Crippen LogP contribution in [-0.2, 0) is 0 Å². The SMILES string of the molecule is COc1cc(NC(=O)Nc2cccc(C)c2)cc(OC)c1. The zero-order chi connectivity index (χ0) is 15.2. The number of methoxy groups -OCH3 is 2. The number of urea groups is 1. The fourth-order valence-electron chi connectivity index (χ4n) is 1.90. The summed E-state index contributed by atoms with van der Waals surface area (Å²) in [6, 6.07) is 12.4. The summed E-state index contributed by atoms with van der Waals surface area (Å²) in [6.07, 6.45) is 0. The minimum atomic E-state index is -0.323. The van der Waals surface area contributed by atoms with Gasteiger partial charge in [0.15, 0.2) is 0 Å². The smallest absolute Gasteiger partial charge is 0.323 e. The predicted molar refractivity (Wildman–Crippen MR) is 83.4 cm³/mol. The van der Waals surface area contributed by atoms with E-state index in [1.54, 1.807) is 32.4 Å². The Morgan fingerprint density at radius 3 is 2.10 bits per heavy atom. The average molecular weight is 286 g/mol. The lowest BCUT2D eigenvalue weighted by molar-refractivity contribution is 0.262. The molecule has 0 atom stereocenters. The van der Waals surface area contributed by atoms with E-state index in [-0.39, 0.29) is 6.03 Å². The standard InChI is InChI=1S/C16H18N2O3/c1-11-5-4-6-12(7-11)17-16(19)18-13-8-14(20-2)10-15(9-13)21-3/h4-10H,1-3H3,(H2,17,18,19). The molecule has 0 spiro atoms. The molecule has 0 bridgehead atoms. The van der Waals surface area contributed by atoms with Gasteiger partial charge in [-0.05, 0) is 24.6 Å². The largest absolute Gasteiger partial charge is 0.497 e. The molecule has 110 valence electrons. The van der Waals surface area contributed by atoms with E-state index in [2.05, 4.69) is 10.6 Å². The highest BCUT2D eigenvalue weighted by molar-refractivity contribution is 6.00. The molecule has 0 saturated heterocycles. The van der Waals surface area contributed by atoms with E-state index in [0.717, 1.165) is 11.3 Å². The number of hydrogen-bond donors (Lipinski definition) is 2. The highest BCUT2D eigenvalue weighted by atomic mass is 16.5. The van der Waals surface area contributed by atoms with Gasteiger partial charge in [0.05, 0.1) is 14.2 Å². The molecular weight excluding hydrogens is 268 g/mol. The Labute approximate surface area is 123 Å². The molecule has 0 fully saturated rings. The Morgan fingerprint density at radius 1 is 0.905 bits per heavy atom. The molecule has 0 aromatic heterocycles. The fourth-order valence-corrected chi connectivity index (χ4v) is 1.90. The summed E-state index contributed by atoms with van der Waals surface area (Å²) in [5.74, 6) is 1.22. The number of amides is 2. The normalized spacial score (nSPS) is 9.86. The first-order valence-electron chi connectivity index (χ1n) is 6.48. The van der Waals surface area contributed by atoms with Gasteiger partial charge in [0.25, 0.3) is 0 Å². The molecule has 0 aliphatic carbocycles. The fraction of sp³-hybridized carbons (Fsp3) is 0.188. The molecule has 2 N–H and O–H groups in total. The predicted octanol–water partition coefficient (Wildman–Crippen LogP) is 3.66. The van der Waals surface area contributed by atoms with E-state index in [1.807, 2.05) is 31.2 Å². The summed E-state index contributed by atoms with van der Waals surface area (Å²) in [7, 11) is 3.12. The number of anilines is 2. The van der Waals surface area contributed by atoms with Crippen molar-refractivity contribution in [3.05, 3.63) is 48.0 Å². The van der Waals surface area contributed by atoms with E-state index < -0.39 is 0 Å². The van der Waals surface area contributed by atoms with Crippen LogP contribution in [0.15, 0.2) is 42.5 Å². The van der Waals surface area contributed by atoms with E-state index in [9.17, 15) is 4.79 Å². The van der Waals surface area contributed by atoms with Crippen LogP contribution >= 0.6 is 0 Å². The van der Waals surface area contributed by atoms with Crippen LogP contribution in [0.25, 0.3) is 0 Å². The Bertz CT molecular complexity index is 619. The summed E-state index contributed by atoms with van der Waals surface area (Å²) >= 11 is 0. The summed E-state index contributed by atoms with van der Waals surface area (Å²) in [5, 5.41) is 5.52. The first-order valence-corrected chi connectivity index (χ1v) is 6.48. The van der Waals surface area contributed by atoms with Crippen molar-refractivity contribution in [1.29, 1.82) is 0 Å². The maximum absolute atomic E-state index is 12.0. The second-order valence-corrected chi connectivity index (χ2v) is 4.55. The molecule has 2 amide bonds. The first kappa shape index (κ1) is 14.7. The van der Waals surface area contributed by atoms with E-state index in [1.165, 1.54) is 0 Å². The molecule has 2 aromatic carbocycles. The number of aryl methyl sites for hydroxylation is 1. The van der Waals surface area contributed by atoms with Gasteiger partial charge in [-0.3, -0.25) is 0 Å². The number of rotatable bonds is 4. The lowest BCUT2D eigenvalue weighted by Gasteiger charge is -2.11. The number of nitrogens with one attached hydrogen (secondary N) is 2. The Hall–Kier alpha value is -2.69. The zero-order valence-electron chi connectivity index (χ0n) is 12.3. The van der Waals surface area contributed by atoms with Crippen molar-refractivity contribution >= 4 is 17.4 Å². The summed E-state index contributed by atoms with van der Waals surface area (Å²) in [5.41, 5.74) is 2.41. The Morgan fingerprint density at radius 2 is 1.52 bits per heavy atom. The van der Waals surface area contributed by atoms with Crippen LogP contribution in [-0.4, -0.2) is 20.3 Å². The van der Waals surface area contributed by atoms with Crippen LogP contribution in [0.4, 0.5) is 16.2 Å². The van der Waals surface area contributed by atoms with Crippen molar-refractivity contribution in [2.24, 2.45) is 0 Å². The van der Waals surface area contributed by atoms with Crippen molar-refractivity contribution in [3.8, 4) is 11.5 Å². The lowest BCUT2D eigenvalue weighted by Crippen LogP contribution is -2.19. The van der Waals surface area contributed by atoms with Gasteiger partial charge >= 0.3 is 6.03 Å². The van der Waals surface area contributed by atoms with Crippen LogP contribution in [0.2, 0.25) is 0 Å². The molecule has 0 unspecified atom stereocenters. The number of carbonyl (C=O) groups excluding carboxylic acids is 1. The minimum absolute atomic E-state index is 0.323. The molecule has 5 nitrogen and oxygen atoms in total. The molecule has 2 aromatic rings. The minimum Gasteiger partial charge on any atom is -0.497 e. The second-order valence-electron chi connectivity index (χ2n) is 4.55. The molecule has 0 aliphatic heterocycles. The summed E-state index contributed by atoms with van der Waals surface area (Å²) in [4.78, 5) is 12.0. The maximum atomic E-state index is 12.0. The summed E-state index contributed by atoms with van der Waals surface area (Å²) in [6.45, 7) is 1.97. The number of hydrogen-bond acceptors (Lipinski definition) is 3. The van der Waals surface area contributed by atoms with Gasteiger partial charge < -0.3 is 20.1 Å². The van der Waals surface area contributed by atoms with Crippen molar-refractivity contribution in [2.75, 3.05) is 24.9 Å². The monoisotopic (exact) mass is 286 g/mol. The third kappa shape index (κ3) is 4.14. The molecule has 21 heavy (non-hydrogen) atoms. The van der Waals surface area contributed by atoms with Gasteiger partial charge in [0.2, 0.25) is 0 Å². The Balaban J connectivity index is 2.08. The van der Waals surface area contributed by atoms with Crippen LogP contribution in [0.5, 0.6) is 11.5 Å². The Kier molecular flexibility index (Phi) is 4.66. The van der Waals surface area contributed by atoms with Gasteiger partial charge in [-0.25, -0.2) is 4.79 Å². The van der Waals surface area contributed by atoms with Crippen LogP contribution < -0.4 is 20.1 Å². The third-order valence-electron chi connectivity index (χ3n) is 2.89. The molecule has 2 rings (SSSR count). The van der Waals surface area contributed by atoms with Crippen LogP contribution in [0.1, 0.15) is 5.56 Å². The molecule has 0 aliphatic rings. The highest BCUT2D eigenvalue weighted by Crippen LogP contribution is 2.25. The van der Waals surface area contributed by atoms with Crippen molar-refractivity contribution in [2.45, 2.75) is 6.92 Å². The number of ether oxygens (including phenoxy) is 2. The van der Waals surface area contributed by atoms with E-state index >= 15 is 0 Å². The van der Waals surface area contributed by atoms with Gasteiger partial charge in [0.1, 0.15) is 11.5 Å². The number of benzene rings is 2. The van der Waals surface area contributed by atoms with E-state index in [0.29, 0.717) is 17.2 Å². The van der Waals surface area contributed by atoms with Gasteiger partial charge in [-0.15, -0.1) is 0 Å². The zero-order valence-corrected chi connectivity index (χ0v) is 12.3.